The van der Waals surface area contributed by atoms with Gasteiger partial charge in [0.25, 0.3) is 0 Å². The van der Waals surface area contributed by atoms with Crippen molar-refractivity contribution in [2.45, 2.75) is 4.34 Å². The van der Waals surface area contributed by atoms with Crippen molar-refractivity contribution in [2.24, 2.45) is 0 Å². The molecular formula is C10H7N3OS2Se. The van der Waals surface area contributed by atoms with Gasteiger partial charge in [0.05, 0.1) is 0 Å². The Morgan fingerprint density at radius 3 is 2.88 bits per heavy atom. The molecule has 0 N–H and O–H groups in total. The van der Waals surface area contributed by atoms with Crippen LogP contribution in [0.4, 0.5) is 0 Å². The summed E-state index contributed by atoms with van der Waals surface area (Å²) in [7, 11) is 0. The SMILES string of the molecule is CSc1nnc(-n2[se]c3ccccc3c2=O)s1. The van der Waals surface area contributed by atoms with E-state index in [9.17, 15) is 4.79 Å². The molecule has 0 amide bonds. The molecule has 0 atom stereocenters. The van der Waals surface area contributed by atoms with Gasteiger partial charge in [0.15, 0.2) is 0 Å². The van der Waals surface area contributed by atoms with Crippen LogP contribution >= 0.6 is 23.1 Å². The summed E-state index contributed by atoms with van der Waals surface area (Å²) in [6, 6.07) is 7.73. The monoisotopic (exact) mass is 329 g/mol. The topological polar surface area (TPSA) is 47.8 Å². The molecule has 17 heavy (non-hydrogen) atoms. The average molecular weight is 328 g/mol. The summed E-state index contributed by atoms with van der Waals surface area (Å²) >= 11 is 3.00. The Morgan fingerprint density at radius 2 is 2.18 bits per heavy atom. The Kier molecular flexibility index (Phi) is 2.92. The molecule has 0 radical (unpaired) electrons. The van der Waals surface area contributed by atoms with Crippen molar-refractivity contribution in [3.8, 4) is 5.13 Å². The molecule has 0 fully saturated rings. The number of nitrogens with zero attached hydrogens (tertiary/aromatic N) is 3. The van der Waals surface area contributed by atoms with Gasteiger partial charge in [-0.05, 0) is 0 Å². The van der Waals surface area contributed by atoms with Crippen molar-refractivity contribution in [1.29, 1.82) is 0 Å². The zero-order valence-electron chi connectivity index (χ0n) is 8.78. The Balaban J connectivity index is 2.23. The summed E-state index contributed by atoms with van der Waals surface area (Å²) in [6.45, 7) is 0. The first-order valence-corrected chi connectivity index (χ1v) is 8.45. The standard InChI is InChI=1S/C10H7N3OS2Se/c1-15-10-12-11-9(16-10)13-8(14)6-4-2-3-5-7(6)17-13/h2-5H,1H3. The first kappa shape index (κ1) is 11.2. The normalized spacial score (nSPS) is 11.1. The third-order valence-corrected chi connectivity index (χ3v) is 6.63. The predicted octanol–water partition coefficient (Wildman–Crippen LogP) is 1.62. The molecule has 4 nitrogen and oxygen atoms in total. The minimum atomic E-state index is -0.0110. The van der Waals surface area contributed by atoms with E-state index in [1.54, 1.807) is 15.3 Å². The molecule has 0 spiro atoms. The van der Waals surface area contributed by atoms with Crippen molar-refractivity contribution in [1.82, 2.24) is 13.8 Å². The molecule has 1 aromatic carbocycles. The molecule has 3 aromatic rings. The molecule has 0 aliphatic rings. The van der Waals surface area contributed by atoms with Gasteiger partial charge in [-0.3, -0.25) is 0 Å². The summed E-state index contributed by atoms with van der Waals surface area (Å²) in [6.07, 6.45) is 1.95. The van der Waals surface area contributed by atoms with Crippen LogP contribution in [0.5, 0.6) is 0 Å². The molecule has 0 aliphatic carbocycles. The summed E-state index contributed by atoms with van der Waals surface area (Å²) in [4.78, 5) is 12.2. The number of aromatic nitrogens is 3. The second-order valence-corrected chi connectivity index (χ2v) is 7.32. The van der Waals surface area contributed by atoms with E-state index in [4.69, 9.17) is 0 Å². The van der Waals surface area contributed by atoms with Gasteiger partial charge >= 0.3 is 112 Å². The van der Waals surface area contributed by atoms with E-state index in [2.05, 4.69) is 10.2 Å². The Labute approximate surface area is 111 Å². The summed E-state index contributed by atoms with van der Waals surface area (Å²) in [5.41, 5.74) is 0.0457. The molecule has 2 heterocycles. The van der Waals surface area contributed by atoms with Crippen LogP contribution in [0.3, 0.4) is 0 Å². The van der Waals surface area contributed by atoms with E-state index < -0.39 is 0 Å². The molecule has 0 saturated carbocycles. The predicted molar refractivity (Wildman–Crippen MR) is 71.7 cm³/mol. The van der Waals surface area contributed by atoms with Crippen LogP contribution < -0.4 is 5.56 Å². The number of hydrogen-bond donors (Lipinski definition) is 0. The maximum absolute atomic E-state index is 12.2. The number of benzene rings is 1. The number of hydrogen-bond acceptors (Lipinski definition) is 5. The molecule has 86 valence electrons. The van der Waals surface area contributed by atoms with Gasteiger partial charge in [0, 0.05) is 0 Å². The molecular weight excluding hydrogens is 321 g/mol. The van der Waals surface area contributed by atoms with Gasteiger partial charge in [-0.15, -0.1) is 0 Å². The average Bonchev–Trinajstić information content (AvgIpc) is 2.95. The number of thioether (sulfide) groups is 1. The molecule has 3 rings (SSSR count). The summed E-state index contributed by atoms with van der Waals surface area (Å²) < 4.78 is 3.75. The number of rotatable bonds is 2. The van der Waals surface area contributed by atoms with Gasteiger partial charge < -0.3 is 0 Å². The van der Waals surface area contributed by atoms with Crippen molar-refractivity contribution >= 4 is 47.5 Å². The Hall–Kier alpha value is -0.881. The van der Waals surface area contributed by atoms with Crippen LogP contribution in [-0.4, -0.2) is 34.7 Å². The third kappa shape index (κ3) is 1.89. The summed E-state index contributed by atoms with van der Waals surface area (Å²) in [5, 5.41) is 9.60. The van der Waals surface area contributed by atoms with Crippen molar-refractivity contribution in [3.63, 3.8) is 0 Å². The molecule has 0 aliphatic heterocycles. The number of fused-ring (bicyclic) bond motifs is 1. The van der Waals surface area contributed by atoms with Crippen molar-refractivity contribution in [3.05, 3.63) is 34.6 Å². The van der Waals surface area contributed by atoms with Crippen LogP contribution in [0.1, 0.15) is 0 Å². The second kappa shape index (κ2) is 4.42. The quantitative estimate of drug-likeness (QED) is 0.530. The first-order chi connectivity index (χ1) is 8.29. The van der Waals surface area contributed by atoms with E-state index >= 15 is 0 Å². The van der Waals surface area contributed by atoms with Gasteiger partial charge in [-0.1, -0.05) is 0 Å². The Bertz CT molecular complexity index is 730. The van der Waals surface area contributed by atoms with Crippen LogP contribution in [-0.2, 0) is 0 Å². The van der Waals surface area contributed by atoms with Crippen LogP contribution in [0, 0.1) is 0 Å². The van der Waals surface area contributed by atoms with Crippen molar-refractivity contribution < 1.29 is 0 Å². The van der Waals surface area contributed by atoms with E-state index in [0.717, 1.165) is 14.0 Å². The molecule has 7 heteroatoms. The molecule has 0 unspecified atom stereocenters. The van der Waals surface area contributed by atoms with Gasteiger partial charge in [-0.2, -0.15) is 0 Å². The van der Waals surface area contributed by atoms with Crippen LogP contribution in [0.2, 0.25) is 0 Å². The van der Waals surface area contributed by atoms with Crippen molar-refractivity contribution in [2.75, 3.05) is 6.26 Å². The van der Waals surface area contributed by atoms with E-state index in [1.165, 1.54) is 11.3 Å². The van der Waals surface area contributed by atoms with Gasteiger partial charge in [0.2, 0.25) is 0 Å². The van der Waals surface area contributed by atoms with E-state index in [-0.39, 0.29) is 20.3 Å². The fraction of sp³-hybridized carbons (Fsp3) is 0.100. The van der Waals surface area contributed by atoms with Gasteiger partial charge in [0.1, 0.15) is 0 Å². The fourth-order valence-electron chi connectivity index (χ4n) is 1.47. The third-order valence-electron chi connectivity index (χ3n) is 2.24. The van der Waals surface area contributed by atoms with E-state index in [0.29, 0.717) is 5.13 Å². The maximum atomic E-state index is 12.2. The summed E-state index contributed by atoms with van der Waals surface area (Å²) in [5.74, 6) is 0. The first-order valence-electron chi connectivity index (χ1n) is 4.78. The van der Waals surface area contributed by atoms with Crippen LogP contribution in [0.15, 0.2) is 33.4 Å². The molecule has 0 bridgehead atoms. The molecule has 0 saturated heterocycles. The Morgan fingerprint density at radius 1 is 1.35 bits per heavy atom. The fourth-order valence-corrected chi connectivity index (χ4v) is 4.92. The zero-order chi connectivity index (χ0) is 11.8. The second-order valence-electron chi connectivity index (χ2n) is 3.24. The van der Waals surface area contributed by atoms with E-state index in [1.807, 2.05) is 30.5 Å². The van der Waals surface area contributed by atoms with Crippen LogP contribution in [0.25, 0.3) is 14.8 Å². The minimum absolute atomic E-state index is 0.0110. The van der Waals surface area contributed by atoms with Gasteiger partial charge in [-0.25, -0.2) is 0 Å². The molecule has 2 aromatic heterocycles. The zero-order valence-corrected chi connectivity index (χ0v) is 12.1.